The Morgan fingerprint density at radius 2 is 2.08 bits per heavy atom. The standard InChI is InChI=1S/C18H19ClN4O2/c1-12-10-17-20-11-14(13(2)23(17)21-12)18(24)22(3)8-9-25-16-7-5-4-6-15(16)19/h4-7,10-11H,8-9H2,1-3H3. The minimum Gasteiger partial charge on any atom is -0.490 e. The van der Waals surface area contributed by atoms with Gasteiger partial charge in [0.1, 0.15) is 12.4 Å². The second-order valence-corrected chi connectivity index (χ2v) is 6.23. The molecule has 25 heavy (non-hydrogen) atoms. The average Bonchev–Trinajstić information content (AvgIpc) is 2.97. The molecule has 7 heteroatoms. The third kappa shape index (κ3) is 3.58. The number of carbonyl (C=O) groups is 1. The van der Waals surface area contributed by atoms with Crippen LogP contribution in [0, 0.1) is 13.8 Å². The number of rotatable bonds is 5. The van der Waals surface area contributed by atoms with Crippen molar-refractivity contribution in [2.24, 2.45) is 0 Å². The number of carbonyl (C=O) groups excluding carboxylic acids is 1. The van der Waals surface area contributed by atoms with Gasteiger partial charge in [-0.1, -0.05) is 23.7 Å². The van der Waals surface area contributed by atoms with Gasteiger partial charge in [0.2, 0.25) is 0 Å². The number of benzene rings is 1. The van der Waals surface area contributed by atoms with E-state index in [-0.39, 0.29) is 5.91 Å². The van der Waals surface area contributed by atoms with Crippen molar-refractivity contribution in [1.29, 1.82) is 0 Å². The number of amides is 1. The lowest BCUT2D eigenvalue weighted by molar-refractivity contribution is 0.0772. The highest BCUT2D eigenvalue weighted by Gasteiger charge is 2.17. The molecule has 0 aliphatic rings. The van der Waals surface area contributed by atoms with E-state index in [1.807, 2.05) is 32.0 Å². The lowest BCUT2D eigenvalue weighted by atomic mass is 10.2. The van der Waals surface area contributed by atoms with E-state index >= 15 is 0 Å². The van der Waals surface area contributed by atoms with E-state index in [1.165, 1.54) is 0 Å². The van der Waals surface area contributed by atoms with Crippen LogP contribution in [0.1, 0.15) is 21.7 Å². The monoisotopic (exact) mass is 358 g/mol. The number of likely N-dealkylation sites (N-methyl/N-ethyl adjacent to an activating group) is 1. The number of fused-ring (bicyclic) bond motifs is 1. The van der Waals surface area contributed by atoms with Crippen molar-refractivity contribution in [3.8, 4) is 5.75 Å². The Bertz CT molecular complexity index is 923. The Balaban J connectivity index is 1.68. The van der Waals surface area contributed by atoms with E-state index in [0.717, 1.165) is 17.0 Å². The van der Waals surface area contributed by atoms with Crippen LogP contribution >= 0.6 is 11.6 Å². The summed E-state index contributed by atoms with van der Waals surface area (Å²) in [6, 6.07) is 9.14. The number of halogens is 1. The van der Waals surface area contributed by atoms with Crippen molar-refractivity contribution in [3.63, 3.8) is 0 Å². The first-order valence-electron chi connectivity index (χ1n) is 7.92. The van der Waals surface area contributed by atoms with Gasteiger partial charge in [0.25, 0.3) is 5.91 Å². The second kappa shape index (κ2) is 7.11. The largest absolute Gasteiger partial charge is 0.490 e. The van der Waals surface area contributed by atoms with Crippen molar-refractivity contribution < 1.29 is 9.53 Å². The number of hydrogen-bond donors (Lipinski definition) is 0. The van der Waals surface area contributed by atoms with Crippen LogP contribution in [-0.2, 0) is 0 Å². The highest BCUT2D eigenvalue weighted by Crippen LogP contribution is 2.23. The van der Waals surface area contributed by atoms with Crippen molar-refractivity contribution in [2.75, 3.05) is 20.2 Å². The van der Waals surface area contributed by atoms with Gasteiger partial charge in [0, 0.05) is 19.3 Å². The maximum Gasteiger partial charge on any atom is 0.257 e. The Labute approximate surface area is 151 Å². The van der Waals surface area contributed by atoms with Gasteiger partial charge >= 0.3 is 0 Å². The maximum atomic E-state index is 12.7. The zero-order valence-electron chi connectivity index (χ0n) is 14.4. The smallest absolute Gasteiger partial charge is 0.257 e. The van der Waals surface area contributed by atoms with E-state index in [4.69, 9.17) is 16.3 Å². The SMILES string of the molecule is Cc1cc2ncc(C(=O)N(C)CCOc3ccccc3Cl)c(C)n2n1. The molecule has 0 bridgehead atoms. The van der Waals surface area contributed by atoms with Crippen LogP contribution in [0.5, 0.6) is 5.75 Å². The van der Waals surface area contributed by atoms with E-state index in [1.54, 1.807) is 34.8 Å². The number of hydrogen-bond acceptors (Lipinski definition) is 4. The summed E-state index contributed by atoms with van der Waals surface area (Å²) in [5, 5.41) is 4.92. The molecule has 0 unspecified atom stereocenters. The fourth-order valence-corrected chi connectivity index (χ4v) is 2.72. The van der Waals surface area contributed by atoms with Gasteiger partial charge in [-0.25, -0.2) is 9.50 Å². The molecule has 0 aliphatic carbocycles. The van der Waals surface area contributed by atoms with Crippen LogP contribution in [-0.4, -0.2) is 45.6 Å². The fourth-order valence-electron chi connectivity index (χ4n) is 2.53. The number of aryl methyl sites for hydroxylation is 2. The van der Waals surface area contributed by atoms with Crippen molar-refractivity contribution in [2.45, 2.75) is 13.8 Å². The summed E-state index contributed by atoms with van der Waals surface area (Å²) in [6.07, 6.45) is 1.60. The highest BCUT2D eigenvalue weighted by atomic mass is 35.5. The summed E-state index contributed by atoms with van der Waals surface area (Å²) in [6.45, 7) is 4.54. The van der Waals surface area contributed by atoms with E-state index in [2.05, 4.69) is 10.1 Å². The lowest BCUT2D eigenvalue weighted by Crippen LogP contribution is -2.32. The molecule has 2 aromatic heterocycles. The van der Waals surface area contributed by atoms with Gasteiger partial charge in [-0.15, -0.1) is 0 Å². The normalized spacial score (nSPS) is 10.9. The van der Waals surface area contributed by atoms with Crippen LogP contribution < -0.4 is 4.74 Å². The van der Waals surface area contributed by atoms with Gasteiger partial charge < -0.3 is 9.64 Å². The number of nitrogens with zero attached hydrogens (tertiary/aromatic N) is 4. The van der Waals surface area contributed by atoms with Crippen LogP contribution in [0.4, 0.5) is 0 Å². The fraction of sp³-hybridized carbons (Fsp3) is 0.278. The molecule has 0 radical (unpaired) electrons. The van der Waals surface area contributed by atoms with Gasteiger partial charge in [0.05, 0.1) is 28.5 Å². The number of aromatic nitrogens is 3. The third-order valence-electron chi connectivity index (χ3n) is 3.94. The molecule has 0 saturated carbocycles. The molecule has 0 atom stereocenters. The Morgan fingerprint density at radius 3 is 2.84 bits per heavy atom. The quantitative estimate of drug-likeness (QED) is 0.703. The summed E-state index contributed by atoms with van der Waals surface area (Å²) in [5.41, 5.74) is 2.88. The lowest BCUT2D eigenvalue weighted by Gasteiger charge is -2.19. The first kappa shape index (κ1) is 17.2. The molecule has 0 spiro atoms. The van der Waals surface area contributed by atoms with Gasteiger partial charge in [-0.3, -0.25) is 4.79 Å². The maximum absolute atomic E-state index is 12.7. The summed E-state index contributed by atoms with van der Waals surface area (Å²) in [7, 11) is 1.73. The van der Waals surface area contributed by atoms with E-state index in [0.29, 0.717) is 29.5 Å². The first-order chi connectivity index (χ1) is 12.0. The molecule has 1 amide bonds. The first-order valence-corrected chi connectivity index (χ1v) is 8.30. The summed E-state index contributed by atoms with van der Waals surface area (Å²) >= 11 is 6.05. The number of ether oxygens (including phenoxy) is 1. The second-order valence-electron chi connectivity index (χ2n) is 5.82. The molecular formula is C18H19ClN4O2. The molecule has 3 rings (SSSR count). The predicted octanol–water partition coefficient (Wildman–Crippen LogP) is 3.15. The van der Waals surface area contributed by atoms with Crippen molar-refractivity contribution in [3.05, 3.63) is 58.5 Å². The molecule has 2 heterocycles. The van der Waals surface area contributed by atoms with E-state index < -0.39 is 0 Å². The average molecular weight is 359 g/mol. The molecule has 130 valence electrons. The summed E-state index contributed by atoms with van der Waals surface area (Å²) < 4.78 is 7.33. The molecule has 0 fully saturated rings. The Hall–Kier alpha value is -2.60. The molecule has 1 aromatic carbocycles. The van der Waals surface area contributed by atoms with Crippen LogP contribution in [0.3, 0.4) is 0 Å². The topological polar surface area (TPSA) is 59.7 Å². The molecule has 6 nitrogen and oxygen atoms in total. The van der Waals surface area contributed by atoms with Gasteiger partial charge in [-0.05, 0) is 26.0 Å². The van der Waals surface area contributed by atoms with Crippen molar-refractivity contribution >= 4 is 23.2 Å². The minimum absolute atomic E-state index is 0.122. The molecular weight excluding hydrogens is 340 g/mol. The minimum atomic E-state index is -0.122. The highest BCUT2D eigenvalue weighted by molar-refractivity contribution is 6.32. The Morgan fingerprint density at radius 1 is 1.32 bits per heavy atom. The predicted molar refractivity (Wildman–Crippen MR) is 96.4 cm³/mol. The van der Waals surface area contributed by atoms with Crippen molar-refractivity contribution in [1.82, 2.24) is 19.5 Å². The molecule has 0 N–H and O–H groups in total. The number of para-hydroxylation sites is 1. The van der Waals surface area contributed by atoms with Crippen LogP contribution in [0.15, 0.2) is 36.5 Å². The Kier molecular flexibility index (Phi) is 4.90. The summed E-state index contributed by atoms with van der Waals surface area (Å²) in [5.74, 6) is 0.485. The molecule has 0 saturated heterocycles. The molecule has 3 aromatic rings. The third-order valence-corrected chi connectivity index (χ3v) is 4.26. The van der Waals surface area contributed by atoms with E-state index in [9.17, 15) is 4.79 Å². The van der Waals surface area contributed by atoms with Crippen LogP contribution in [0.2, 0.25) is 5.02 Å². The zero-order valence-corrected chi connectivity index (χ0v) is 15.1. The summed E-state index contributed by atoms with van der Waals surface area (Å²) in [4.78, 5) is 18.6. The van der Waals surface area contributed by atoms with Gasteiger partial charge in [-0.2, -0.15) is 5.10 Å². The molecule has 0 aliphatic heterocycles. The van der Waals surface area contributed by atoms with Gasteiger partial charge in [0.15, 0.2) is 5.65 Å². The zero-order chi connectivity index (χ0) is 18.0. The van der Waals surface area contributed by atoms with Crippen LogP contribution in [0.25, 0.3) is 5.65 Å².